The van der Waals surface area contributed by atoms with Crippen LogP contribution in [-0.2, 0) is 4.79 Å². The Bertz CT molecular complexity index is 1330. The first-order valence-corrected chi connectivity index (χ1v) is 12.4. The van der Waals surface area contributed by atoms with Gasteiger partial charge in [0.25, 0.3) is 0 Å². The number of aryl methyl sites for hydroxylation is 3. The minimum Gasteiger partial charge on any atom is -0.497 e. The third kappa shape index (κ3) is 5.23. The molecule has 0 fully saturated rings. The monoisotopic (exact) mass is 495 g/mol. The van der Waals surface area contributed by atoms with Gasteiger partial charge in [-0.05, 0) is 55.7 Å². The van der Waals surface area contributed by atoms with E-state index in [0.717, 1.165) is 22.4 Å². The number of anilines is 1. The van der Waals surface area contributed by atoms with E-state index < -0.39 is 0 Å². The number of carbonyl (C=O) groups is 1. The highest BCUT2D eigenvalue weighted by molar-refractivity contribution is 7.99. The van der Waals surface area contributed by atoms with Crippen LogP contribution in [0.25, 0.3) is 22.6 Å². The van der Waals surface area contributed by atoms with E-state index in [1.165, 1.54) is 34.2 Å². The second-order valence-corrected chi connectivity index (χ2v) is 9.46. The van der Waals surface area contributed by atoms with Gasteiger partial charge in [0.15, 0.2) is 11.0 Å². The zero-order chi connectivity index (χ0) is 24.2. The van der Waals surface area contributed by atoms with Crippen LogP contribution in [0.1, 0.15) is 16.7 Å². The average Bonchev–Trinajstić information content (AvgIpc) is 3.49. The number of hydrogen-bond donors (Lipinski definition) is 2. The lowest BCUT2D eigenvalue weighted by Crippen LogP contribution is -2.13. The first-order chi connectivity index (χ1) is 16.4. The average molecular weight is 496 g/mol. The van der Waals surface area contributed by atoms with E-state index in [9.17, 15) is 4.79 Å². The summed E-state index contributed by atoms with van der Waals surface area (Å²) in [6.07, 6.45) is 0. The molecular weight excluding hydrogens is 470 g/mol. The molecule has 4 rings (SSSR count). The first kappa shape index (κ1) is 23.8. The van der Waals surface area contributed by atoms with Crippen molar-refractivity contribution < 1.29 is 14.3 Å². The van der Waals surface area contributed by atoms with Gasteiger partial charge in [-0.2, -0.15) is 0 Å². The number of carbonyl (C=O) groups excluding carboxylic acids is 1. The number of H-pyrrole nitrogens is 1. The highest BCUT2D eigenvalue weighted by Crippen LogP contribution is 2.32. The lowest BCUT2D eigenvalue weighted by Gasteiger charge is -2.07. The highest BCUT2D eigenvalue weighted by atomic mass is 32.2. The number of nitrogens with zero attached hydrogens (tertiary/aromatic N) is 3. The number of benzene rings is 2. The lowest BCUT2D eigenvalue weighted by molar-refractivity contribution is -0.113. The molecule has 0 unspecified atom stereocenters. The molecule has 2 aromatic carbocycles. The van der Waals surface area contributed by atoms with E-state index in [1.807, 2.05) is 17.5 Å². The molecule has 0 bridgehead atoms. The Labute approximate surface area is 206 Å². The third-order valence-corrected chi connectivity index (χ3v) is 6.93. The van der Waals surface area contributed by atoms with Gasteiger partial charge in [-0.1, -0.05) is 17.8 Å². The van der Waals surface area contributed by atoms with Crippen molar-refractivity contribution in [2.75, 3.05) is 25.3 Å². The van der Waals surface area contributed by atoms with Gasteiger partial charge >= 0.3 is 0 Å². The second kappa shape index (κ2) is 10.3. The molecule has 34 heavy (non-hydrogen) atoms. The Morgan fingerprint density at radius 2 is 1.82 bits per heavy atom. The molecular formula is C24H25N5O3S2. The van der Waals surface area contributed by atoms with Crippen molar-refractivity contribution in [3.8, 4) is 34.1 Å². The summed E-state index contributed by atoms with van der Waals surface area (Å²) in [6.45, 7) is 6.26. The number of amides is 1. The van der Waals surface area contributed by atoms with E-state index in [1.54, 1.807) is 20.3 Å². The van der Waals surface area contributed by atoms with Gasteiger partial charge in [-0.25, -0.2) is 9.97 Å². The summed E-state index contributed by atoms with van der Waals surface area (Å²) in [5.41, 5.74) is 6.33. The molecule has 0 spiro atoms. The molecule has 176 valence electrons. The smallest absolute Gasteiger partial charge is 0.236 e. The Hall–Kier alpha value is -3.37. The fourth-order valence-corrected chi connectivity index (χ4v) is 4.73. The number of hydrogen-bond acceptors (Lipinski definition) is 8. The van der Waals surface area contributed by atoms with Gasteiger partial charge in [0.2, 0.25) is 11.1 Å². The number of rotatable bonds is 8. The van der Waals surface area contributed by atoms with Crippen LogP contribution in [0.2, 0.25) is 0 Å². The Kier molecular flexibility index (Phi) is 7.18. The number of aromatic nitrogens is 4. The number of thioether (sulfide) groups is 1. The molecule has 2 aromatic heterocycles. The molecule has 8 nitrogen and oxygen atoms in total. The van der Waals surface area contributed by atoms with Crippen LogP contribution in [0, 0.1) is 20.8 Å². The maximum Gasteiger partial charge on any atom is 0.236 e. The van der Waals surface area contributed by atoms with E-state index in [4.69, 9.17) is 9.47 Å². The van der Waals surface area contributed by atoms with E-state index in [-0.39, 0.29) is 11.7 Å². The molecule has 0 radical (unpaired) electrons. The van der Waals surface area contributed by atoms with Gasteiger partial charge in [-0.3, -0.25) is 9.89 Å². The fraction of sp³-hybridized carbons (Fsp3) is 0.250. The highest BCUT2D eigenvalue weighted by Gasteiger charge is 2.15. The van der Waals surface area contributed by atoms with E-state index in [2.05, 4.69) is 58.4 Å². The number of thiazole rings is 1. The normalized spacial score (nSPS) is 10.9. The lowest BCUT2D eigenvalue weighted by atomic mass is 9.99. The van der Waals surface area contributed by atoms with Crippen LogP contribution in [0.5, 0.6) is 11.5 Å². The third-order valence-electron chi connectivity index (χ3n) is 5.33. The molecule has 2 N–H and O–H groups in total. The summed E-state index contributed by atoms with van der Waals surface area (Å²) in [5.74, 6) is 1.84. The number of ether oxygens (including phenoxy) is 2. The van der Waals surface area contributed by atoms with Crippen LogP contribution in [-0.4, -0.2) is 46.0 Å². The van der Waals surface area contributed by atoms with Crippen LogP contribution in [0.4, 0.5) is 5.13 Å². The fourth-order valence-electron chi connectivity index (χ4n) is 3.40. The van der Waals surface area contributed by atoms with Crippen LogP contribution >= 0.6 is 23.1 Å². The van der Waals surface area contributed by atoms with Crippen molar-refractivity contribution in [1.29, 1.82) is 0 Å². The maximum absolute atomic E-state index is 12.5. The van der Waals surface area contributed by atoms with Gasteiger partial charge in [0.1, 0.15) is 11.5 Å². The minimum absolute atomic E-state index is 0.161. The minimum atomic E-state index is -0.170. The zero-order valence-corrected chi connectivity index (χ0v) is 21.2. The van der Waals surface area contributed by atoms with Gasteiger partial charge in [0.05, 0.1) is 31.2 Å². The summed E-state index contributed by atoms with van der Waals surface area (Å²) in [4.78, 5) is 21.6. The number of methoxy groups -OCH3 is 2. The standard InChI is InChI=1S/C24H25N5O3S2/c1-13-8-15(3)18(9-14(13)2)19-11-33-23(25-19)26-21(30)12-34-24-27-22(28-29-24)17-7-6-16(31-4)10-20(17)32-5/h6-11H,12H2,1-5H3,(H,25,26,30)(H,27,28,29). The van der Waals surface area contributed by atoms with Gasteiger partial charge in [0, 0.05) is 17.0 Å². The van der Waals surface area contributed by atoms with Crippen molar-refractivity contribution >= 4 is 34.1 Å². The Morgan fingerprint density at radius 3 is 2.59 bits per heavy atom. The van der Waals surface area contributed by atoms with Crippen LogP contribution in [0.15, 0.2) is 40.9 Å². The molecule has 4 aromatic rings. The predicted octanol–water partition coefficient (Wildman–Crippen LogP) is 5.27. The van der Waals surface area contributed by atoms with Crippen molar-refractivity contribution in [1.82, 2.24) is 20.2 Å². The predicted molar refractivity (Wildman–Crippen MR) is 136 cm³/mol. The topological polar surface area (TPSA) is 102 Å². The van der Waals surface area contributed by atoms with Crippen molar-refractivity contribution in [3.05, 3.63) is 52.4 Å². The molecule has 10 heteroatoms. The molecule has 1 amide bonds. The first-order valence-electron chi connectivity index (χ1n) is 10.5. The van der Waals surface area contributed by atoms with Gasteiger partial charge < -0.3 is 14.8 Å². The molecule has 0 aliphatic rings. The second-order valence-electron chi connectivity index (χ2n) is 7.66. The summed E-state index contributed by atoms with van der Waals surface area (Å²) in [7, 11) is 3.18. The number of aromatic amines is 1. The molecule has 0 atom stereocenters. The van der Waals surface area contributed by atoms with E-state index >= 15 is 0 Å². The SMILES string of the molecule is COc1ccc(-c2nc(SCC(=O)Nc3nc(-c4cc(C)c(C)cc4C)cs3)n[nH]2)c(OC)c1. The molecule has 0 aliphatic carbocycles. The number of nitrogens with one attached hydrogen (secondary N) is 2. The summed E-state index contributed by atoms with van der Waals surface area (Å²) < 4.78 is 10.7. The summed E-state index contributed by atoms with van der Waals surface area (Å²) >= 11 is 2.65. The summed E-state index contributed by atoms with van der Waals surface area (Å²) in [6, 6.07) is 9.74. The van der Waals surface area contributed by atoms with Crippen LogP contribution < -0.4 is 14.8 Å². The molecule has 0 saturated heterocycles. The Morgan fingerprint density at radius 1 is 1.03 bits per heavy atom. The van der Waals surface area contributed by atoms with Crippen molar-refractivity contribution in [2.45, 2.75) is 25.9 Å². The Balaban J connectivity index is 1.38. The van der Waals surface area contributed by atoms with Crippen molar-refractivity contribution in [3.63, 3.8) is 0 Å². The quantitative estimate of drug-likeness (QED) is 0.321. The summed E-state index contributed by atoms with van der Waals surface area (Å²) in [5, 5.41) is 13.0. The largest absolute Gasteiger partial charge is 0.497 e. The molecule has 0 saturated carbocycles. The molecule has 2 heterocycles. The molecule has 0 aliphatic heterocycles. The zero-order valence-electron chi connectivity index (χ0n) is 19.6. The van der Waals surface area contributed by atoms with Gasteiger partial charge in [-0.15, -0.1) is 16.4 Å². The van der Waals surface area contributed by atoms with Crippen LogP contribution in [0.3, 0.4) is 0 Å². The van der Waals surface area contributed by atoms with E-state index in [0.29, 0.717) is 27.6 Å². The van der Waals surface area contributed by atoms with Crippen molar-refractivity contribution in [2.24, 2.45) is 0 Å². The maximum atomic E-state index is 12.5.